The van der Waals surface area contributed by atoms with Gasteiger partial charge in [0.15, 0.2) is 11.5 Å². The molecule has 0 radical (unpaired) electrons. The van der Waals surface area contributed by atoms with E-state index in [1.165, 1.54) is 18.9 Å². The number of aliphatic hydroxyl groups is 1. The number of nitrogens with zero attached hydrogens (tertiary/aromatic N) is 2. The van der Waals surface area contributed by atoms with Crippen LogP contribution in [0.2, 0.25) is 0 Å². The number of likely N-dealkylation sites (tertiary alicyclic amines) is 2. The van der Waals surface area contributed by atoms with Gasteiger partial charge >= 0.3 is 6.29 Å². The van der Waals surface area contributed by atoms with Crippen molar-refractivity contribution in [3.8, 4) is 11.5 Å². The number of fused-ring (bicyclic) bond motifs is 1. The van der Waals surface area contributed by atoms with Crippen molar-refractivity contribution in [2.24, 2.45) is 0 Å². The molecule has 1 N–H and O–H groups in total. The van der Waals surface area contributed by atoms with Crippen LogP contribution >= 0.6 is 0 Å². The first-order chi connectivity index (χ1) is 11.9. The SMILES string of the molecule is O[C@]1(CN2CCCC2)CCCN(Cc2ccc3c(c2)OC(F)(F)O3)C1. The number of hydrogen-bond donors (Lipinski definition) is 1. The zero-order chi connectivity index (χ0) is 17.5. The molecule has 4 rings (SSSR count). The van der Waals surface area contributed by atoms with E-state index in [1.807, 2.05) is 0 Å². The number of piperidine rings is 1. The Morgan fingerprint density at radius 1 is 1.00 bits per heavy atom. The molecule has 3 aliphatic rings. The Morgan fingerprint density at radius 2 is 1.72 bits per heavy atom. The Bertz CT molecular complexity index is 637. The molecule has 3 heterocycles. The van der Waals surface area contributed by atoms with Crippen molar-refractivity contribution in [1.82, 2.24) is 9.80 Å². The zero-order valence-electron chi connectivity index (χ0n) is 14.2. The molecule has 0 aliphatic carbocycles. The van der Waals surface area contributed by atoms with E-state index in [-0.39, 0.29) is 11.5 Å². The summed E-state index contributed by atoms with van der Waals surface area (Å²) in [7, 11) is 0. The van der Waals surface area contributed by atoms with Gasteiger partial charge < -0.3 is 19.5 Å². The highest BCUT2D eigenvalue weighted by atomic mass is 19.3. The summed E-state index contributed by atoms with van der Waals surface area (Å²) in [5.41, 5.74) is 0.192. The lowest BCUT2D eigenvalue weighted by Gasteiger charge is -2.41. The summed E-state index contributed by atoms with van der Waals surface area (Å²) in [5, 5.41) is 11.0. The van der Waals surface area contributed by atoms with Crippen LogP contribution in [0.1, 0.15) is 31.2 Å². The quantitative estimate of drug-likeness (QED) is 0.900. The number of alkyl halides is 2. The maximum absolute atomic E-state index is 13.1. The van der Waals surface area contributed by atoms with Gasteiger partial charge in [-0.2, -0.15) is 0 Å². The molecule has 138 valence electrons. The highest BCUT2D eigenvalue weighted by molar-refractivity contribution is 5.45. The van der Waals surface area contributed by atoms with Crippen LogP contribution in [-0.2, 0) is 6.54 Å². The number of β-amino-alcohol motifs (C(OH)–C–C–N with tert-alkyl or cyclic N) is 1. The standard InChI is InChI=1S/C18H24F2N2O3/c19-18(20)24-15-5-4-14(10-16(15)25-18)11-22-9-3-6-17(23,13-22)12-21-7-1-2-8-21/h4-5,10,23H,1-3,6-9,11-13H2/t17-/m0/s1. The third kappa shape index (κ3) is 3.88. The molecule has 1 aromatic rings. The molecule has 25 heavy (non-hydrogen) atoms. The average Bonchev–Trinajstić information content (AvgIpc) is 3.12. The maximum Gasteiger partial charge on any atom is 0.586 e. The van der Waals surface area contributed by atoms with Gasteiger partial charge in [-0.25, -0.2) is 0 Å². The summed E-state index contributed by atoms with van der Waals surface area (Å²) in [6, 6.07) is 4.90. The molecule has 1 atom stereocenters. The zero-order valence-corrected chi connectivity index (χ0v) is 14.2. The summed E-state index contributed by atoms with van der Waals surface area (Å²) in [6.07, 6.45) is 0.589. The first-order valence-electron chi connectivity index (χ1n) is 8.97. The lowest BCUT2D eigenvalue weighted by molar-refractivity contribution is -0.286. The second-order valence-electron chi connectivity index (χ2n) is 7.47. The second-order valence-corrected chi connectivity index (χ2v) is 7.47. The van der Waals surface area contributed by atoms with Crippen LogP contribution in [0.5, 0.6) is 11.5 Å². The molecule has 1 aromatic carbocycles. The van der Waals surface area contributed by atoms with Crippen molar-refractivity contribution in [1.29, 1.82) is 0 Å². The van der Waals surface area contributed by atoms with Crippen molar-refractivity contribution >= 4 is 0 Å². The minimum Gasteiger partial charge on any atom is -0.395 e. The lowest BCUT2D eigenvalue weighted by atomic mass is 9.92. The summed E-state index contributed by atoms with van der Waals surface area (Å²) in [4.78, 5) is 4.53. The molecule has 0 unspecified atom stereocenters. The van der Waals surface area contributed by atoms with E-state index in [1.54, 1.807) is 12.1 Å². The number of benzene rings is 1. The first kappa shape index (κ1) is 17.0. The van der Waals surface area contributed by atoms with E-state index in [9.17, 15) is 13.9 Å². The van der Waals surface area contributed by atoms with Gasteiger partial charge in [-0.3, -0.25) is 4.90 Å². The minimum absolute atomic E-state index is 0.0675. The van der Waals surface area contributed by atoms with Crippen molar-refractivity contribution in [2.75, 3.05) is 32.7 Å². The molecule has 3 aliphatic heterocycles. The van der Waals surface area contributed by atoms with E-state index in [0.717, 1.165) is 44.6 Å². The number of hydrogen-bond acceptors (Lipinski definition) is 5. The summed E-state index contributed by atoms with van der Waals surface area (Å²) < 4.78 is 35.2. The molecular weight excluding hydrogens is 330 g/mol. The van der Waals surface area contributed by atoms with Crippen LogP contribution in [0.25, 0.3) is 0 Å². The Labute approximate surface area is 146 Å². The molecule has 2 saturated heterocycles. The summed E-state index contributed by atoms with van der Waals surface area (Å²) in [5.74, 6) is 0.143. The van der Waals surface area contributed by atoms with E-state index in [2.05, 4.69) is 19.3 Å². The van der Waals surface area contributed by atoms with Gasteiger partial charge in [0.1, 0.15) is 0 Å². The van der Waals surface area contributed by atoms with Crippen molar-refractivity contribution < 1.29 is 23.4 Å². The molecule has 0 spiro atoms. The van der Waals surface area contributed by atoms with Crippen molar-refractivity contribution in [2.45, 2.75) is 44.1 Å². The Balaban J connectivity index is 1.39. The molecular formula is C18H24F2N2O3. The van der Waals surface area contributed by atoms with Crippen molar-refractivity contribution in [3.05, 3.63) is 23.8 Å². The summed E-state index contributed by atoms with van der Waals surface area (Å²) in [6.45, 7) is 4.96. The molecule has 0 aromatic heterocycles. The van der Waals surface area contributed by atoms with E-state index in [4.69, 9.17) is 0 Å². The Morgan fingerprint density at radius 3 is 2.52 bits per heavy atom. The minimum atomic E-state index is -3.58. The number of halogens is 2. The largest absolute Gasteiger partial charge is 0.586 e. The third-order valence-corrected chi connectivity index (χ3v) is 5.22. The van der Waals surface area contributed by atoms with E-state index >= 15 is 0 Å². The first-order valence-corrected chi connectivity index (χ1v) is 8.97. The fraction of sp³-hybridized carbons (Fsp3) is 0.667. The van der Waals surface area contributed by atoms with Gasteiger partial charge in [-0.1, -0.05) is 6.07 Å². The molecule has 0 amide bonds. The molecule has 7 heteroatoms. The van der Waals surface area contributed by atoms with Gasteiger partial charge in [0.05, 0.1) is 5.60 Å². The smallest absolute Gasteiger partial charge is 0.395 e. The molecule has 0 saturated carbocycles. The number of ether oxygens (including phenoxy) is 2. The highest BCUT2D eigenvalue weighted by Gasteiger charge is 2.43. The second kappa shape index (κ2) is 6.37. The third-order valence-electron chi connectivity index (χ3n) is 5.22. The van der Waals surface area contributed by atoms with Gasteiger partial charge in [-0.05, 0) is 63.0 Å². The van der Waals surface area contributed by atoms with Crippen LogP contribution in [-0.4, -0.2) is 59.5 Å². The molecule has 0 bridgehead atoms. The summed E-state index contributed by atoms with van der Waals surface area (Å²) >= 11 is 0. The van der Waals surface area contributed by atoms with Gasteiger partial charge in [0, 0.05) is 19.6 Å². The normalized spacial score (nSPS) is 29.2. The number of rotatable bonds is 4. The van der Waals surface area contributed by atoms with Gasteiger partial charge in [0.25, 0.3) is 0 Å². The van der Waals surface area contributed by atoms with Crippen LogP contribution in [0.4, 0.5) is 8.78 Å². The van der Waals surface area contributed by atoms with Crippen LogP contribution in [0.3, 0.4) is 0 Å². The monoisotopic (exact) mass is 354 g/mol. The topological polar surface area (TPSA) is 45.2 Å². The predicted octanol–water partition coefficient (Wildman–Crippen LogP) is 2.43. The van der Waals surface area contributed by atoms with Crippen LogP contribution in [0.15, 0.2) is 18.2 Å². The maximum atomic E-state index is 13.1. The van der Waals surface area contributed by atoms with Crippen LogP contribution in [0, 0.1) is 0 Å². The van der Waals surface area contributed by atoms with Gasteiger partial charge in [0.2, 0.25) is 0 Å². The van der Waals surface area contributed by atoms with Gasteiger partial charge in [-0.15, -0.1) is 8.78 Å². The highest BCUT2D eigenvalue weighted by Crippen LogP contribution is 2.41. The fourth-order valence-corrected chi connectivity index (χ4v) is 4.18. The van der Waals surface area contributed by atoms with E-state index < -0.39 is 11.9 Å². The lowest BCUT2D eigenvalue weighted by Crippen LogP contribution is -2.53. The van der Waals surface area contributed by atoms with Crippen molar-refractivity contribution in [3.63, 3.8) is 0 Å². The Kier molecular flexibility index (Phi) is 4.33. The van der Waals surface area contributed by atoms with E-state index in [0.29, 0.717) is 13.1 Å². The van der Waals surface area contributed by atoms with Crippen LogP contribution < -0.4 is 9.47 Å². The molecule has 5 nitrogen and oxygen atoms in total. The fourth-order valence-electron chi connectivity index (χ4n) is 4.18. The average molecular weight is 354 g/mol. The predicted molar refractivity (Wildman–Crippen MR) is 87.8 cm³/mol. The Hall–Kier alpha value is -1.44. The molecule has 2 fully saturated rings.